The van der Waals surface area contributed by atoms with E-state index in [1.807, 2.05) is 12.1 Å². The first-order chi connectivity index (χ1) is 5.68. The van der Waals surface area contributed by atoms with Crippen LogP contribution in [0.5, 0.6) is 0 Å². The Hall–Kier alpha value is -1.02. The summed E-state index contributed by atoms with van der Waals surface area (Å²) in [5.41, 5.74) is 13.8. The molecule has 0 bridgehead atoms. The number of rotatable bonds is 2. The molecule has 0 saturated heterocycles. The summed E-state index contributed by atoms with van der Waals surface area (Å²) < 4.78 is 0. The van der Waals surface area contributed by atoms with Gasteiger partial charge < -0.3 is 11.5 Å². The highest BCUT2D eigenvalue weighted by Gasteiger charge is 2.37. The maximum Gasteiger partial charge on any atom is 0.0314 e. The molecular weight excluding hydrogens is 148 g/mol. The smallest absolute Gasteiger partial charge is 0.0314 e. The average molecular weight is 162 g/mol. The van der Waals surface area contributed by atoms with E-state index < -0.39 is 0 Å². The van der Waals surface area contributed by atoms with Crippen molar-refractivity contribution < 1.29 is 0 Å². The molecule has 2 heteroatoms. The lowest BCUT2D eigenvalue weighted by molar-refractivity contribution is 0.672. The molecule has 0 spiro atoms. The molecule has 0 aromatic heterocycles. The number of nitrogens with two attached hydrogens (primary N) is 2. The summed E-state index contributed by atoms with van der Waals surface area (Å²) in [6.45, 7) is 0. The van der Waals surface area contributed by atoms with Gasteiger partial charge in [-0.3, -0.25) is 0 Å². The molecule has 0 unspecified atom stereocenters. The van der Waals surface area contributed by atoms with Gasteiger partial charge in [0, 0.05) is 11.2 Å². The lowest BCUT2D eigenvalue weighted by atomic mass is 10.1. The van der Waals surface area contributed by atoms with Crippen molar-refractivity contribution in [2.45, 2.75) is 24.8 Å². The van der Waals surface area contributed by atoms with Crippen molar-refractivity contribution in [1.82, 2.24) is 0 Å². The standard InChI is InChI=1S/C10H14N2/c11-9-3-1-8(2-4-9)7-10(12)5-6-10/h1-4H,5-7,11-12H2. The van der Waals surface area contributed by atoms with E-state index in [1.54, 1.807) is 0 Å². The normalized spacial score (nSPS) is 19.1. The lowest BCUT2D eigenvalue weighted by Crippen LogP contribution is -2.24. The van der Waals surface area contributed by atoms with E-state index in [2.05, 4.69) is 12.1 Å². The first-order valence-corrected chi connectivity index (χ1v) is 4.31. The Labute approximate surface area is 72.6 Å². The van der Waals surface area contributed by atoms with Crippen LogP contribution in [0.4, 0.5) is 5.69 Å². The molecule has 64 valence electrons. The Kier molecular flexibility index (Phi) is 1.58. The van der Waals surface area contributed by atoms with Crippen LogP contribution in [0, 0.1) is 0 Å². The molecule has 1 saturated carbocycles. The van der Waals surface area contributed by atoms with Crippen molar-refractivity contribution in [3.63, 3.8) is 0 Å². The molecule has 4 N–H and O–H groups in total. The molecule has 2 nitrogen and oxygen atoms in total. The molecule has 0 amide bonds. The topological polar surface area (TPSA) is 52.0 Å². The van der Waals surface area contributed by atoms with Crippen LogP contribution in [0.15, 0.2) is 24.3 Å². The van der Waals surface area contributed by atoms with E-state index in [4.69, 9.17) is 11.5 Å². The fourth-order valence-corrected chi connectivity index (χ4v) is 1.38. The van der Waals surface area contributed by atoms with E-state index in [1.165, 1.54) is 5.56 Å². The van der Waals surface area contributed by atoms with Crippen LogP contribution in [0.2, 0.25) is 0 Å². The highest BCUT2D eigenvalue weighted by Crippen LogP contribution is 2.35. The first kappa shape index (κ1) is 7.62. The highest BCUT2D eigenvalue weighted by atomic mass is 14.8. The highest BCUT2D eigenvalue weighted by molar-refractivity contribution is 5.39. The van der Waals surface area contributed by atoms with Crippen molar-refractivity contribution in [2.75, 3.05) is 5.73 Å². The maximum atomic E-state index is 5.99. The van der Waals surface area contributed by atoms with E-state index >= 15 is 0 Å². The second-order valence-electron chi connectivity index (χ2n) is 3.78. The SMILES string of the molecule is Nc1ccc(CC2(N)CC2)cc1. The number of nitrogen functional groups attached to an aromatic ring is 1. The lowest BCUT2D eigenvalue weighted by Gasteiger charge is -2.07. The third-order valence-corrected chi connectivity index (χ3v) is 2.43. The van der Waals surface area contributed by atoms with E-state index in [-0.39, 0.29) is 5.54 Å². The maximum absolute atomic E-state index is 5.99. The van der Waals surface area contributed by atoms with Crippen molar-refractivity contribution in [3.05, 3.63) is 29.8 Å². The summed E-state index contributed by atoms with van der Waals surface area (Å²) in [5.74, 6) is 0. The van der Waals surface area contributed by atoms with E-state index in [0.29, 0.717) is 0 Å². The third-order valence-electron chi connectivity index (χ3n) is 2.43. The van der Waals surface area contributed by atoms with Gasteiger partial charge in [-0.15, -0.1) is 0 Å². The zero-order valence-corrected chi connectivity index (χ0v) is 7.09. The molecule has 1 aliphatic carbocycles. The van der Waals surface area contributed by atoms with Crippen molar-refractivity contribution >= 4 is 5.69 Å². The van der Waals surface area contributed by atoms with Crippen LogP contribution < -0.4 is 11.5 Å². The minimum atomic E-state index is 0.107. The van der Waals surface area contributed by atoms with Crippen molar-refractivity contribution in [1.29, 1.82) is 0 Å². The van der Waals surface area contributed by atoms with Crippen molar-refractivity contribution in [2.24, 2.45) is 5.73 Å². The van der Waals surface area contributed by atoms with Gasteiger partial charge in [0.25, 0.3) is 0 Å². The summed E-state index contributed by atoms with van der Waals surface area (Å²) in [4.78, 5) is 0. The van der Waals surface area contributed by atoms with E-state index in [0.717, 1.165) is 24.9 Å². The summed E-state index contributed by atoms with van der Waals surface area (Å²) in [7, 11) is 0. The minimum absolute atomic E-state index is 0.107. The van der Waals surface area contributed by atoms with Crippen LogP contribution in [0.25, 0.3) is 0 Å². The van der Waals surface area contributed by atoms with Crippen LogP contribution in [0.3, 0.4) is 0 Å². The van der Waals surface area contributed by atoms with Gasteiger partial charge in [0.2, 0.25) is 0 Å². The third kappa shape index (κ3) is 1.59. The summed E-state index contributed by atoms with van der Waals surface area (Å²) >= 11 is 0. The second-order valence-corrected chi connectivity index (χ2v) is 3.78. The van der Waals surface area contributed by atoms with Crippen LogP contribution in [0.1, 0.15) is 18.4 Å². The van der Waals surface area contributed by atoms with E-state index in [9.17, 15) is 0 Å². The number of hydrogen-bond donors (Lipinski definition) is 2. The van der Waals surface area contributed by atoms with Gasteiger partial charge >= 0.3 is 0 Å². The Balaban J connectivity index is 2.08. The molecule has 0 radical (unpaired) electrons. The summed E-state index contributed by atoms with van der Waals surface area (Å²) in [6, 6.07) is 7.98. The van der Waals surface area contributed by atoms with Gasteiger partial charge in [0.1, 0.15) is 0 Å². The molecule has 0 heterocycles. The molecule has 12 heavy (non-hydrogen) atoms. The quantitative estimate of drug-likeness (QED) is 0.644. The van der Waals surface area contributed by atoms with Crippen LogP contribution in [-0.2, 0) is 6.42 Å². The molecule has 1 aromatic carbocycles. The predicted molar refractivity (Wildman–Crippen MR) is 50.7 cm³/mol. The largest absolute Gasteiger partial charge is 0.399 e. The summed E-state index contributed by atoms with van der Waals surface area (Å²) in [5, 5.41) is 0. The molecule has 1 fully saturated rings. The van der Waals surface area contributed by atoms with Gasteiger partial charge in [0.05, 0.1) is 0 Å². The molecule has 0 aliphatic heterocycles. The Morgan fingerprint density at radius 3 is 2.25 bits per heavy atom. The molecule has 2 rings (SSSR count). The van der Waals surface area contributed by atoms with Gasteiger partial charge in [-0.1, -0.05) is 12.1 Å². The number of hydrogen-bond acceptors (Lipinski definition) is 2. The average Bonchev–Trinajstić information content (AvgIpc) is 2.74. The second kappa shape index (κ2) is 2.49. The fourth-order valence-electron chi connectivity index (χ4n) is 1.38. The Morgan fingerprint density at radius 2 is 1.75 bits per heavy atom. The zero-order chi connectivity index (χ0) is 8.60. The van der Waals surface area contributed by atoms with Crippen LogP contribution >= 0.6 is 0 Å². The van der Waals surface area contributed by atoms with Gasteiger partial charge in [-0.25, -0.2) is 0 Å². The molecular formula is C10H14N2. The van der Waals surface area contributed by atoms with Gasteiger partial charge in [0.15, 0.2) is 0 Å². The fraction of sp³-hybridized carbons (Fsp3) is 0.400. The van der Waals surface area contributed by atoms with Crippen molar-refractivity contribution in [3.8, 4) is 0 Å². The zero-order valence-electron chi connectivity index (χ0n) is 7.09. The monoisotopic (exact) mass is 162 g/mol. The first-order valence-electron chi connectivity index (χ1n) is 4.31. The van der Waals surface area contributed by atoms with Gasteiger partial charge in [-0.05, 0) is 37.0 Å². The predicted octanol–water partition coefficient (Wildman–Crippen LogP) is 1.30. The minimum Gasteiger partial charge on any atom is -0.399 e. The number of benzene rings is 1. The number of anilines is 1. The van der Waals surface area contributed by atoms with Gasteiger partial charge in [-0.2, -0.15) is 0 Å². The molecule has 0 atom stereocenters. The Morgan fingerprint density at radius 1 is 1.17 bits per heavy atom. The molecule has 1 aromatic rings. The Bertz CT molecular complexity index is 272. The molecule has 1 aliphatic rings. The summed E-state index contributed by atoms with van der Waals surface area (Å²) in [6.07, 6.45) is 3.32. The van der Waals surface area contributed by atoms with Crippen LogP contribution in [-0.4, -0.2) is 5.54 Å².